The van der Waals surface area contributed by atoms with E-state index in [1.165, 1.54) is 22.5 Å². The highest BCUT2D eigenvalue weighted by Crippen LogP contribution is 2.31. The second-order valence-electron chi connectivity index (χ2n) is 6.62. The molecule has 6 nitrogen and oxygen atoms in total. The molecule has 1 fully saturated rings. The normalized spacial score (nSPS) is 18.3. The van der Waals surface area contributed by atoms with Crippen LogP contribution in [0.15, 0.2) is 57.9 Å². The summed E-state index contributed by atoms with van der Waals surface area (Å²) in [5, 5.41) is 4.61. The number of sulfonamides is 1. The minimum atomic E-state index is -3.79. The van der Waals surface area contributed by atoms with Gasteiger partial charge in [0.25, 0.3) is 0 Å². The summed E-state index contributed by atoms with van der Waals surface area (Å²) in [6.07, 6.45) is 1.38. The zero-order valence-corrected chi connectivity index (χ0v) is 16.3. The molecular weight excluding hydrogens is 405 g/mol. The molecule has 0 saturated carbocycles. The highest BCUT2D eigenvalue weighted by atomic mass is 35.5. The van der Waals surface area contributed by atoms with E-state index in [1.54, 1.807) is 24.3 Å². The van der Waals surface area contributed by atoms with E-state index < -0.39 is 15.8 Å². The Kier molecular flexibility index (Phi) is 5.18. The Morgan fingerprint density at radius 3 is 2.71 bits per heavy atom. The van der Waals surface area contributed by atoms with Crippen molar-refractivity contribution in [2.45, 2.75) is 23.7 Å². The van der Waals surface area contributed by atoms with Crippen molar-refractivity contribution in [1.29, 1.82) is 0 Å². The van der Waals surface area contributed by atoms with Crippen LogP contribution in [0.2, 0.25) is 5.02 Å². The number of hydrogen-bond acceptors (Lipinski definition) is 5. The van der Waals surface area contributed by atoms with Gasteiger partial charge in [0, 0.05) is 23.7 Å². The van der Waals surface area contributed by atoms with E-state index in [1.807, 2.05) is 0 Å². The maximum Gasteiger partial charge on any atom is 0.243 e. The fourth-order valence-corrected chi connectivity index (χ4v) is 4.94. The lowest BCUT2D eigenvalue weighted by Gasteiger charge is -2.30. The summed E-state index contributed by atoms with van der Waals surface area (Å²) in [7, 11) is -3.79. The number of halogens is 2. The first kappa shape index (κ1) is 19.0. The van der Waals surface area contributed by atoms with Gasteiger partial charge in [0.1, 0.15) is 5.82 Å². The number of benzene rings is 2. The van der Waals surface area contributed by atoms with Crippen LogP contribution in [0.4, 0.5) is 4.39 Å². The zero-order chi connectivity index (χ0) is 19.7. The summed E-state index contributed by atoms with van der Waals surface area (Å²) in [6, 6.07) is 12.1. The third kappa shape index (κ3) is 3.80. The summed E-state index contributed by atoms with van der Waals surface area (Å²) >= 11 is 5.89. The van der Waals surface area contributed by atoms with E-state index in [0.29, 0.717) is 29.7 Å². The number of aromatic nitrogens is 2. The monoisotopic (exact) mass is 421 g/mol. The lowest BCUT2D eigenvalue weighted by molar-refractivity contribution is 0.265. The quantitative estimate of drug-likeness (QED) is 0.634. The van der Waals surface area contributed by atoms with Crippen LogP contribution in [0, 0.1) is 5.82 Å². The summed E-state index contributed by atoms with van der Waals surface area (Å²) in [4.78, 5) is 4.38. The van der Waals surface area contributed by atoms with Crippen LogP contribution in [0.1, 0.15) is 24.7 Å². The minimum Gasteiger partial charge on any atom is -0.339 e. The Hall–Kier alpha value is -2.29. The molecule has 1 aliphatic rings. The predicted molar refractivity (Wildman–Crippen MR) is 102 cm³/mol. The van der Waals surface area contributed by atoms with E-state index in [2.05, 4.69) is 10.1 Å². The largest absolute Gasteiger partial charge is 0.339 e. The van der Waals surface area contributed by atoms with Crippen LogP contribution in [0.5, 0.6) is 0 Å². The van der Waals surface area contributed by atoms with Crippen LogP contribution < -0.4 is 0 Å². The van der Waals surface area contributed by atoms with Crippen molar-refractivity contribution in [1.82, 2.24) is 14.4 Å². The first-order valence-electron chi connectivity index (χ1n) is 8.79. The Balaban J connectivity index is 1.55. The third-order valence-electron chi connectivity index (χ3n) is 4.71. The van der Waals surface area contributed by atoms with Crippen molar-refractivity contribution in [3.63, 3.8) is 0 Å². The molecule has 2 heterocycles. The zero-order valence-electron chi connectivity index (χ0n) is 14.8. The van der Waals surface area contributed by atoms with Gasteiger partial charge in [0.2, 0.25) is 21.7 Å². The fourth-order valence-electron chi connectivity index (χ4n) is 3.26. The van der Waals surface area contributed by atoms with Gasteiger partial charge in [-0.1, -0.05) is 22.8 Å². The van der Waals surface area contributed by atoms with E-state index in [4.69, 9.17) is 16.1 Å². The van der Waals surface area contributed by atoms with Gasteiger partial charge in [-0.05, 0) is 55.3 Å². The van der Waals surface area contributed by atoms with Gasteiger partial charge in [-0.15, -0.1) is 0 Å². The topological polar surface area (TPSA) is 76.3 Å². The van der Waals surface area contributed by atoms with Crippen molar-refractivity contribution in [3.8, 4) is 11.4 Å². The van der Waals surface area contributed by atoms with Crippen molar-refractivity contribution >= 4 is 21.6 Å². The molecule has 9 heteroatoms. The Morgan fingerprint density at radius 2 is 1.96 bits per heavy atom. The molecule has 0 N–H and O–H groups in total. The lowest BCUT2D eigenvalue weighted by atomic mass is 10.00. The number of nitrogens with zero attached hydrogens (tertiary/aromatic N) is 3. The van der Waals surface area contributed by atoms with Crippen LogP contribution in [-0.2, 0) is 10.0 Å². The fraction of sp³-hybridized carbons (Fsp3) is 0.263. The molecule has 1 atom stereocenters. The van der Waals surface area contributed by atoms with Crippen molar-refractivity contribution in [2.75, 3.05) is 13.1 Å². The van der Waals surface area contributed by atoms with Crippen molar-refractivity contribution in [2.24, 2.45) is 0 Å². The maximum absolute atomic E-state index is 13.5. The second-order valence-corrected chi connectivity index (χ2v) is 9.00. The molecular formula is C19H17ClFN3O3S. The maximum atomic E-state index is 13.5. The number of piperidine rings is 1. The molecule has 0 radical (unpaired) electrons. The van der Waals surface area contributed by atoms with E-state index >= 15 is 0 Å². The standard InChI is InChI=1S/C19H17ClFN3O3S/c20-15-8-6-13(7-9-15)18-22-19(27-23-18)14-3-2-10-24(12-14)28(25,26)17-5-1-4-16(21)11-17/h1,4-9,11,14H,2-3,10,12H2/t14-/m0/s1. The number of hydrogen-bond donors (Lipinski definition) is 0. The van der Waals surface area contributed by atoms with Crippen LogP contribution >= 0.6 is 11.6 Å². The van der Waals surface area contributed by atoms with Gasteiger partial charge in [-0.2, -0.15) is 9.29 Å². The SMILES string of the molecule is O=S(=O)(c1cccc(F)c1)N1CCC[C@H](c2nc(-c3ccc(Cl)cc3)no2)C1. The second kappa shape index (κ2) is 7.62. The minimum absolute atomic E-state index is 0.0551. The van der Waals surface area contributed by atoms with E-state index in [9.17, 15) is 12.8 Å². The Morgan fingerprint density at radius 1 is 1.18 bits per heavy atom. The first-order chi connectivity index (χ1) is 13.4. The molecule has 0 bridgehead atoms. The third-order valence-corrected chi connectivity index (χ3v) is 6.82. The molecule has 2 aromatic carbocycles. The molecule has 0 amide bonds. The average Bonchev–Trinajstić information content (AvgIpc) is 3.19. The van der Waals surface area contributed by atoms with Gasteiger partial charge in [0.05, 0.1) is 10.8 Å². The van der Waals surface area contributed by atoms with Gasteiger partial charge in [0.15, 0.2) is 0 Å². The molecule has 0 unspecified atom stereocenters. The van der Waals surface area contributed by atoms with E-state index in [0.717, 1.165) is 18.1 Å². The molecule has 3 aromatic rings. The first-order valence-corrected chi connectivity index (χ1v) is 10.6. The van der Waals surface area contributed by atoms with Crippen LogP contribution in [-0.4, -0.2) is 36.0 Å². The van der Waals surface area contributed by atoms with Gasteiger partial charge < -0.3 is 4.52 Å². The van der Waals surface area contributed by atoms with Crippen molar-refractivity contribution < 1.29 is 17.3 Å². The highest BCUT2D eigenvalue weighted by Gasteiger charge is 2.33. The van der Waals surface area contributed by atoms with Gasteiger partial charge in [-0.25, -0.2) is 12.8 Å². The predicted octanol–water partition coefficient (Wildman–Crippen LogP) is 4.10. The smallest absolute Gasteiger partial charge is 0.243 e. The van der Waals surface area contributed by atoms with Crippen molar-refractivity contribution in [3.05, 3.63) is 65.3 Å². The van der Waals surface area contributed by atoms with E-state index in [-0.39, 0.29) is 17.4 Å². The summed E-state index contributed by atoms with van der Waals surface area (Å²) in [5.74, 6) is 0.0191. The molecule has 0 aliphatic carbocycles. The Bertz CT molecular complexity index is 1090. The number of rotatable bonds is 4. The molecule has 28 heavy (non-hydrogen) atoms. The van der Waals surface area contributed by atoms with Gasteiger partial charge in [-0.3, -0.25) is 0 Å². The molecule has 1 aliphatic heterocycles. The highest BCUT2D eigenvalue weighted by molar-refractivity contribution is 7.89. The molecule has 1 saturated heterocycles. The molecule has 146 valence electrons. The van der Waals surface area contributed by atoms with Crippen LogP contribution in [0.3, 0.4) is 0 Å². The average molecular weight is 422 g/mol. The Labute approximate surface area is 167 Å². The molecule has 0 spiro atoms. The lowest BCUT2D eigenvalue weighted by Crippen LogP contribution is -2.39. The summed E-state index contributed by atoms with van der Waals surface area (Å²) in [6.45, 7) is 0.578. The van der Waals surface area contributed by atoms with Crippen LogP contribution in [0.25, 0.3) is 11.4 Å². The van der Waals surface area contributed by atoms with Gasteiger partial charge >= 0.3 is 0 Å². The summed E-state index contributed by atoms with van der Waals surface area (Å²) in [5.41, 5.74) is 0.763. The molecule has 1 aromatic heterocycles. The molecule has 4 rings (SSSR count). The summed E-state index contributed by atoms with van der Waals surface area (Å²) < 4.78 is 45.9.